The van der Waals surface area contributed by atoms with Gasteiger partial charge in [-0.15, -0.1) is 0 Å². The molecule has 110 valence electrons. The van der Waals surface area contributed by atoms with E-state index in [1.807, 2.05) is 14.1 Å². The number of aliphatic carboxylic acids is 1. The SMILES string of the molecule is CN(C)C1(CNC(=O)NCC[C@H](O)C(=O)O)CCC1. The van der Waals surface area contributed by atoms with Crippen LogP contribution in [0.5, 0.6) is 0 Å². The Morgan fingerprint density at radius 3 is 2.37 bits per heavy atom. The molecule has 0 saturated heterocycles. The van der Waals surface area contributed by atoms with Crippen LogP contribution in [0.1, 0.15) is 25.7 Å². The van der Waals surface area contributed by atoms with Crippen LogP contribution >= 0.6 is 0 Å². The Balaban J connectivity index is 2.19. The molecule has 1 aliphatic rings. The van der Waals surface area contributed by atoms with Crippen molar-refractivity contribution in [2.45, 2.75) is 37.3 Å². The lowest BCUT2D eigenvalue weighted by Crippen LogP contribution is -2.58. The second kappa shape index (κ2) is 6.72. The first-order valence-corrected chi connectivity index (χ1v) is 6.47. The van der Waals surface area contributed by atoms with Gasteiger partial charge in [0.2, 0.25) is 0 Å². The number of carboxylic acids is 1. The maximum absolute atomic E-state index is 11.5. The van der Waals surface area contributed by atoms with Crippen molar-refractivity contribution >= 4 is 12.0 Å². The summed E-state index contributed by atoms with van der Waals surface area (Å²) >= 11 is 0. The number of likely N-dealkylation sites (N-methyl/N-ethyl adjacent to an activating group) is 1. The van der Waals surface area contributed by atoms with E-state index in [0.29, 0.717) is 6.54 Å². The molecule has 1 atom stereocenters. The van der Waals surface area contributed by atoms with Crippen molar-refractivity contribution in [2.24, 2.45) is 0 Å². The van der Waals surface area contributed by atoms with Crippen LogP contribution in [0.25, 0.3) is 0 Å². The minimum absolute atomic E-state index is 0.00156. The monoisotopic (exact) mass is 273 g/mol. The molecule has 0 unspecified atom stereocenters. The van der Waals surface area contributed by atoms with Gasteiger partial charge in [-0.2, -0.15) is 0 Å². The Morgan fingerprint density at radius 2 is 1.95 bits per heavy atom. The van der Waals surface area contributed by atoms with Gasteiger partial charge in [-0.1, -0.05) is 0 Å². The van der Waals surface area contributed by atoms with E-state index in [2.05, 4.69) is 15.5 Å². The van der Waals surface area contributed by atoms with E-state index in [1.165, 1.54) is 6.42 Å². The number of nitrogens with zero attached hydrogens (tertiary/aromatic N) is 1. The van der Waals surface area contributed by atoms with Crippen LogP contribution in [-0.4, -0.2) is 65.9 Å². The number of hydrogen-bond acceptors (Lipinski definition) is 4. The summed E-state index contributed by atoms with van der Waals surface area (Å²) in [6.07, 6.45) is 1.88. The lowest BCUT2D eigenvalue weighted by molar-refractivity contribution is -0.146. The van der Waals surface area contributed by atoms with Gasteiger partial charge in [0.1, 0.15) is 0 Å². The molecule has 19 heavy (non-hydrogen) atoms. The van der Waals surface area contributed by atoms with Gasteiger partial charge in [0, 0.05) is 25.0 Å². The fourth-order valence-corrected chi connectivity index (χ4v) is 2.12. The van der Waals surface area contributed by atoms with E-state index in [4.69, 9.17) is 10.2 Å². The third-order valence-electron chi connectivity index (χ3n) is 3.80. The van der Waals surface area contributed by atoms with E-state index >= 15 is 0 Å². The van der Waals surface area contributed by atoms with Crippen molar-refractivity contribution in [2.75, 3.05) is 27.2 Å². The Labute approximate surface area is 113 Å². The normalized spacial score (nSPS) is 18.5. The van der Waals surface area contributed by atoms with Crippen LogP contribution in [0, 0.1) is 0 Å². The number of aliphatic hydroxyl groups is 1. The van der Waals surface area contributed by atoms with Crippen LogP contribution in [0.2, 0.25) is 0 Å². The summed E-state index contributed by atoms with van der Waals surface area (Å²) in [6.45, 7) is 0.710. The molecular weight excluding hydrogens is 250 g/mol. The molecule has 0 aliphatic heterocycles. The molecule has 1 saturated carbocycles. The Hall–Kier alpha value is -1.34. The average molecular weight is 273 g/mol. The molecule has 1 fully saturated rings. The van der Waals surface area contributed by atoms with E-state index in [9.17, 15) is 9.59 Å². The highest BCUT2D eigenvalue weighted by molar-refractivity contribution is 5.74. The third kappa shape index (κ3) is 4.36. The molecule has 1 rings (SSSR count). The minimum Gasteiger partial charge on any atom is -0.479 e. The second-order valence-electron chi connectivity index (χ2n) is 5.22. The number of urea groups is 1. The fraction of sp³-hybridized carbons (Fsp3) is 0.833. The van der Waals surface area contributed by atoms with Crippen molar-refractivity contribution in [3.8, 4) is 0 Å². The smallest absolute Gasteiger partial charge is 0.332 e. The van der Waals surface area contributed by atoms with Crippen LogP contribution in [0.3, 0.4) is 0 Å². The van der Waals surface area contributed by atoms with Crippen LogP contribution < -0.4 is 10.6 Å². The van der Waals surface area contributed by atoms with Crippen LogP contribution in [0.4, 0.5) is 4.79 Å². The van der Waals surface area contributed by atoms with E-state index in [-0.39, 0.29) is 24.5 Å². The van der Waals surface area contributed by atoms with Gasteiger partial charge >= 0.3 is 12.0 Å². The summed E-state index contributed by atoms with van der Waals surface area (Å²) in [5.41, 5.74) is 0.0535. The van der Waals surface area contributed by atoms with Gasteiger partial charge in [0.05, 0.1) is 0 Å². The van der Waals surface area contributed by atoms with Crippen molar-refractivity contribution in [1.29, 1.82) is 0 Å². The Morgan fingerprint density at radius 1 is 1.32 bits per heavy atom. The Bertz CT molecular complexity index is 329. The van der Waals surface area contributed by atoms with E-state index in [0.717, 1.165) is 12.8 Å². The molecule has 4 N–H and O–H groups in total. The van der Waals surface area contributed by atoms with Gasteiger partial charge < -0.3 is 25.7 Å². The summed E-state index contributed by atoms with van der Waals surface area (Å²) in [5.74, 6) is -1.27. The number of aliphatic hydroxyl groups excluding tert-OH is 1. The predicted octanol–water partition coefficient (Wildman–Crippen LogP) is -0.394. The maximum Gasteiger partial charge on any atom is 0.332 e. The highest BCUT2D eigenvalue weighted by Gasteiger charge is 2.39. The second-order valence-corrected chi connectivity index (χ2v) is 5.22. The molecule has 0 aromatic rings. The zero-order valence-corrected chi connectivity index (χ0v) is 11.5. The van der Waals surface area contributed by atoms with Crippen molar-refractivity contribution in [3.63, 3.8) is 0 Å². The molecular formula is C12H23N3O4. The first kappa shape index (κ1) is 15.7. The van der Waals surface area contributed by atoms with Gasteiger partial charge in [-0.3, -0.25) is 0 Å². The predicted molar refractivity (Wildman–Crippen MR) is 69.9 cm³/mol. The van der Waals surface area contributed by atoms with Crippen molar-refractivity contribution < 1.29 is 19.8 Å². The quantitative estimate of drug-likeness (QED) is 0.506. The van der Waals surface area contributed by atoms with Crippen LogP contribution in [-0.2, 0) is 4.79 Å². The summed E-state index contributed by atoms with van der Waals surface area (Å²) in [6, 6.07) is -0.328. The topological polar surface area (TPSA) is 102 Å². The van der Waals surface area contributed by atoms with E-state index < -0.39 is 12.1 Å². The molecule has 0 bridgehead atoms. The number of carboxylic acid groups (broad SMARTS) is 1. The zero-order chi connectivity index (χ0) is 14.5. The molecule has 0 radical (unpaired) electrons. The molecule has 1 aliphatic carbocycles. The molecule has 0 aromatic carbocycles. The number of hydrogen-bond donors (Lipinski definition) is 4. The molecule has 0 spiro atoms. The summed E-state index contributed by atoms with van der Waals surface area (Å²) < 4.78 is 0. The number of carbonyl (C=O) groups is 2. The largest absolute Gasteiger partial charge is 0.479 e. The molecule has 0 heterocycles. The fourth-order valence-electron chi connectivity index (χ4n) is 2.12. The number of nitrogens with one attached hydrogen (secondary N) is 2. The van der Waals surface area contributed by atoms with Crippen molar-refractivity contribution in [1.82, 2.24) is 15.5 Å². The molecule has 7 nitrogen and oxygen atoms in total. The highest BCUT2D eigenvalue weighted by Crippen LogP contribution is 2.35. The van der Waals surface area contributed by atoms with Gasteiger partial charge in [-0.05, 0) is 33.4 Å². The number of rotatable bonds is 7. The van der Waals surface area contributed by atoms with E-state index in [1.54, 1.807) is 0 Å². The number of amides is 2. The Kier molecular flexibility index (Phi) is 5.56. The molecule has 0 aromatic heterocycles. The lowest BCUT2D eigenvalue weighted by Gasteiger charge is -2.47. The molecule has 2 amide bonds. The summed E-state index contributed by atoms with van der Waals surface area (Å²) in [7, 11) is 4.00. The minimum atomic E-state index is -1.43. The first-order valence-electron chi connectivity index (χ1n) is 6.47. The lowest BCUT2D eigenvalue weighted by atomic mass is 9.75. The average Bonchev–Trinajstić information content (AvgIpc) is 2.26. The van der Waals surface area contributed by atoms with Crippen molar-refractivity contribution in [3.05, 3.63) is 0 Å². The van der Waals surface area contributed by atoms with Gasteiger partial charge in [0.25, 0.3) is 0 Å². The standard InChI is InChI=1S/C12H23N3O4/c1-15(2)12(5-3-6-12)8-14-11(19)13-7-4-9(16)10(17)18/h9,16H,3-8H2,1-2H3,(H,17,18)(H2,13,14,19)/t9-/m0/s1. The highest BCUT2D eigenvalue weighted by atomic mass is 16.4. The van der Waals surface area contributed by atoms with Gasteiger partial charge in [0.15, 0.2) is 6.10 Å². The zero-order valence-electron chi connectivity index (χ0n) is 11.5. The first-order chi connectivity index (χ1) is 8.87. The third-order valence-corrected chi connectivity index (χ3v) is 3.80. The van der Waals surface area contributed by atoms with Crippen LogP contribution in [0.15, 0.2) is 0 Å². The number of carbonyl (C=O) groups excluding carboxylic acids is 1. The summed E-state index contributed by atoms with van der Waals surface area (Å²) in [5, 5.41) is 22.8. The molecule has 7 heteroatoms. The summed E-state index contributed by atoms with van der Waals surface area (Å²) in [4.78, 5) is 24.0. The maximum atomic E-state index is 11.5. The van der Waals surface area contributed by atoms with Gasteiger partial charge in [-0.25, -0.2) is 9.59 Å².